The molecular formula is C12H17N3S. The highest BCUT2D eigenvalue weighted by Crippen LogP contribution is 2.16. The van der Waals surface area contributed by atoms with E-state index < -0.39 is 0 Å². The van der Waals surface area contributed by atoms with Crippen molar-refractivity contribution in [2.45, 2.75) is 37.9 Å². The van der Waals surface area contributed by atoms with Crippen molar-refractivity contribution in [3.8, 4) is 12.3 Å². The molecule has 1 aromatic heterocycles. The van der Waals surface area contributed by atoms with Gasteiger partial charge in [0.15, 0.2) is 11.0 Å². The first kappa shape index (κ1) is 12.9. The molecule has 16 heavy (non-hydrogen) atoms. The molecule has 3 nitrogen and oxygen atoms in total. The van der Waals surface area contributed by atoms with E-state index in [0.717, 1.165) is 30.2 Å². The molecule has 0 atom stereocenters. The van der Waals surface area contributed by atoms with Crippen LogP contribution in [0.15, 0.2) is 17.8 Å². The van der Waals surface area contributed by atoms with Crippen LogP contribution in [-0.2, 0) is 13.0 Å². The summed E-state index contributed by atoms with van der Waals surface area (Å²) in [5.74, 6) is 4.13. The SMILES string of the molecule is C#CCSc1nc(CCCC)nn1CC=C. The van der Waals surface area contributed by atoms with Crippen LogP contribution >= 0.6 is 11.8 Å². The number of rotatable bonds is 7. The van der Waals surface area contributed by atoms with Crippen molar-refractivity contribution in [3.05, 3.63) is 18.5 Å². The molecule has 1 rings (SSSR count). The average molecular weight is 235 g/mol. The molecular weight excluding hydrogens is 218 g/mol. The van der Waals surface area contributed by atoms with Crippen LogP contribution in [0.5, 0.6) is 0 Å². The average Bonchev–Trinajstić information content (AvgIpc) is 2.67. The van der Waals surface area contributed by atoms with E-state index in [0.29, 0.717) is 12.3 Å². The summed E-state index contributed by atoms with van der Waals surface area (Å²) in [7, 11) is 0. The molecule has 0 N–H and O–H groups in total. The van der Waals surface area contributed by atoms with E-state index in [2.05, 4.69) is 29.5 Å². The van der Waals surface area contributed by atoms with Crippen molar-refractivity contribution < 1.29 is 0 Å². The van der Waals surface area contributed by atoms with Gasteiger partial charge in [0.2, 0.25) is 0 Å². The Kier molecular flexibility index (Phi) is 5.73. The maximum Gasteiger partial charge on any atom is 0.187 e. The van der Waals surface area contributed by atoms with E-state index in [-0.39, 0.29) is 0 Å². The summed E-state index contributed by atoms with van der Waals surface area (Å²) in [5.41, 5.74) is 0. The lowest BCUT2D eigenvalue weighted by Gasteiger charge is -1.98. The third-order valence-corrected chi connectivity index (χ3v) is 2.89. The van der Waals surface area contributed by atoms with Gasteiger partial charge in [0, 0.05) is 6.42 Å². The fourth-order valence-corrected chi connectivity index (χ4v) is 1.91. The zero-order chi connectivity index (χ0) is 11.8. The largest absolute Gasteiger partial charge is 0.237 e. The predicted octanol–water partition coefficient (Wildman–Crippen LogP) is 2.53. The second-order valence-electron chi connectivity index (χ2n) is 3.38. The van der Waals surface area contributed by atoms with Crippen LogP contribution in [0.25, 0.3) is 0 Å². The van der Waals surface area contributed by atoms with Crippen molar-refractivity contribution in [3.63, 3.8) is 0 Å². The first-order valence-corrected chi connectivity index (χ1v) is 6.41. The molecule has 0 aromatic carbocycles. The summed E-state index contributed by atoms with van der Waals surface area (Å²) in [5, 5.41) is 5.33. The molecule has 1 aromatic rings. The van der Waals surface area contributed by atoms with E-state index in [9.17, 15) is 0 Å². The van der Waals surface area contributed by atoms with Crippen LogP contribution in [-0.4, -0.2) is 20.5 Å². The van der Waals surface area contributed by atoms with Gasteiger partial charge in [-0.1, -0.05) is 37.1 Å². The van der Waals surface area contributed by atoms with Crippen LogP contribution in [0.2, 0.25) is 0 Å². The molecule has 0 fully saturated rings. The first-order valence-electron chi connectivity index (χ1n) is 5.42. The van der Waals surface area contributed by atoms with Crippen LogP contribution in [0, 0.1) is 12.3 Å². The molecule has 0 amide bonds. The molecule has 4 heteroatoms. The normalized spacial score (nSPS) is 10.0. The minimum absolute atomic E-state index is 0.628. The molecule has 1 heterocycles. The highest BCUT2D eigenvalue weighted by Gasteiger charge is 2.08. The molecule has 0 aliphatic carbocycles. The van der Waals surface area contributed by atoms with Crippen LogP contribution in [0.4, 0.5) is 0 Å². The van der Waals surface area contributed by atoms with E-state index in [1.54, 1.807) is 11.8 Å². The lowest BCUT2D eigenvalue weighted by molar-refractivity contribution is 0.623. The van der Waals surface area contributed by atoms with Gasteiger partial charge in [0.25, 0.3) is 0 Å². The Balaban J connectivity index is 2.74. The van der Waals surface area contributed by atoms with Crippen molar-refractivity contribution in [2.75, 3.05) is 5.75 Å². The Labute approximate surface area is 101 Å². The fourth-order valence-electron chi connectivity index (χ4n) is 1.27. The number of thioether (sulfide) groups is 1. The van der Waals surface area contributed by atoms with Crippen molar-refractivity contribution in [2.24, 2.45) is 0 Å². The Hall–Kier alpha value is -1.21. The van der Waals surface area contributed by atoms with Crippen LogP contribution in [0.1, 0.15) is 25.6 Å². The molecule has 0 radical (unpaired) electrons. The highest BCUT2D eigenvalue weighted by molar-refractivity contribution is 7.99. The van der Waals surface area contributed by atoms with E-state index >= 15 is 0 Å². The van der Waals surface area contributed by atoms with Gasteiger partial charge in [-0.2, -0.15) is 5.10 Å². The maximum atomic E-state index is 5.24. The lowest BCUT2D eigenvalue weighted by atomic mass is 10.2. The summed E-state index contributed by atoms with van der Waals surface area (Å²) in [6, 6.07) is 0. The first-order chi connectivity index (χ1) is 7.81. The third kappa shape index (κ3) is 3.74. The second-order valence-corrected chi connectivity index (χ2v) is 4.32. The van der Waals surface area contributed by atoms with E-state index in [4.69, 9.17) is 6.42 Å². The van der Waals surface area contributed by atoms with Crippen molar-refractivity contribution in [1.29, 1.82) is 0 Å². The summed E-state index contributed by atoms with van der Waals surface area (Å²) in [6.07, 6.45) is 10.3. The Morgan fingerprint density at radius 1 is 1.62 bits per heavy atom. The van der Waals surface area contributed by atoms with Crippen molar-refractivity contribution in [1.82, 2.24) is 14.8 Å². The molecule has 0 saturated carbocycles. The number of unbranched alkanes of at least 4 members (excludes halogenated alkanes) is 1. The van der Waals surface area contributed by atoms with Gasteiger partial charge in [-0.15, -0.1) is 13.0 Å². The Bertz CT molecular complexity index is 376. The number of hydrogen-bond acceptors (Lipinski definition) is 3. The van der Waals surface area contributed by atoms with Gasteiger partial charge in [-0.3, -0.25) is 0 Å². The predicted molar refractivity (Wildman–Crippen MR) is 68.4 cm³/mol. The van der Waals surface area contributed by atoms with Gasteiger partial charge in [-0.25, -0.2) is 9.67 Å². The maximum absolute atomic E-state index is 5.24. The second kappa shape index (κ2) is 7.13. The lowest BCUT2D eigenvalue weighted by Crippen LogP contribution is -2.00. The zero-order valence-electron chi connectivity index (χ0n) is 9.65. The Morgan fingerprint density at radius 2 is 2.44 bits per heavy atom. The summed E-state index contributed by atoms with van der Waals surface area (Å²) < 4.78 is 1.86. The Morgan fingerprint density at radius 3 is 3.06 bits per heavy atom. The molecule has 0 bridgehead atoms. The summed E-state index contributed by atoms with van der Waals surface area (Å²) in [4.78, 5) is 4.48. The quantitative estimate of drug-likeness (QED) is 0.413. The summed E-state index contributed by atoms with van der Waals surface area (Å²) >= 11 is 1.55. The molecule has 0 aliphatic rings. The van der Waals surface area contributed by atoms with Gasteiger partial charge >= 0.3 is 0 Å². The van der Waals surface area contributed by atoms with Crippen molar-refractivity contribution >= 4 is 11.8 Å². The number of aromatic nitrogens is 3. The van der Waals surface area contributed by atoms with Gasteiger partial charge in [0.1, 0.15) is 0 Å². The number of allylic oxidation sites excluding steroid dienone is 1. The zero-order valence-corrected chi connectivity index (χ0v) is 10.5. The standard InChI is InChI=1S/C12H17N3S/c1-4-7-8-11-13-12(16-10-6-3)15(14-11)9-5-2/h3,5H,2,4,7-10H2,1H3. The van der Waals surface area contributed by atoms with Gasteiger partial charge in [0.05, 0.1) is 12.3 Å². The topological polar surface area (TPSA) is 30.7 Å². The van der Waals surface area contributed by atoms with E-state index in [1.165, 1.54) is 0 Å². The number of aryl methyl sites for hydroxylation is 1. The van der Waals surface area contributed by atoms with E-state index in [1.807, 2.05) is 10.8 Å². The molecule has 0 unspecified atom stereocenters. The van der Waals surface area contributed by atoms with Gasteiger partial charge < -0.3 is 0 Å². The van der Waals surface area contributed by atoms with Crippen LogP contribution in [0.3, 0.4) is 0 Å². The fraction of sp³-hybridized carbons (Fsp3) is 0.500. The van der Waals surface area contributed by atoms with Gasteiger partial charge in [-0.05, 0) is 6.42 Å². The molecule has 0 spiro atoms. The minimum Gasteiger partial charge on any atom is -0.237 e. The monoisotopic (exact) mass is 235 g/mol. The molecule has 0 aliphatic heterocycles. The number of nitrogens with zero attached hydrogens (tertiary/aromatic N) is 3. The summed E-state index contributed by atoms with van der Waals surface area (Å²) in [6.45, 7) is 6.56. The molecule has 0 saturated heterocycles. The number of terminal acetylenes is 1. The molecule has 86 valence electrons. The highest BCUT2D eigenvalue weighted by atomic mass is 32.2. The minimum atomic E-state index is 0.628. The smallest absolute Gasteiger partial charge is 0.187 e. The third-order valence-electron chi connectivity index (χ3n) is 2.02. The number of hydrogen-bond donors (Lipinski definition) is 0. The van der Waals surface area contributed by atoms with Crippen LogP contribution < -0.4 is 0 Å².